The number of benzene rings is 2. The molecule has 29 heavy (non-hydrogen) atoms. The highest BCUT2D eigenvalue weighted by atomic mass is 32.2. The van der Waals surface area contributed by atoms with E-state index in [0.717, 1.165) is 11.4 Å². The van der Waals surface area contributed by atoms with Crippen LogP contribution in [0.2, 0.25) is 0 Å². The van der Waals surface area contributed by atoms with Crippen molar-refractivity contribution in [2.24, 2.45) is 0 Å². The molecule has 0 unspecified atom stereocenters. The Morgan fingerprint density at radius 3 is 2.41 bits per heavy atom. The largest absolute Gasteiger partial charge is 0.326 e. The maximum Gasteiger partial charge on any atom is 0.240 e. The van der Waals surface area contributed by atoms with Crippen molar-refractivity contribution in [3.8, 4) is 0 Å². The molecule has 0 spiro atoms. The van der Waals surface area contributed by atoms with Crippen LogP contribution in [0.4, 0.5) is 5.69 Å². The van der Waals surface area contributed by atoms with Gasteiger partial charge in [-0.3, -0.25) is 9.89 Å². The summed E-state index contributed by atoms with van der Waals surface area (Å²) >= 11 is 0. The Labute approximate surface area is 169 Å². The van der Waals surface area contributed by atoms with E-state index in [-0.39, 0.29) is 17.3 Å². The zero-order chi connectivity index (χ0) is 20.9. The summed E-state index contributed by atoms with van der Waals surface area (Å²) in [7, 11) is -3.65. The average Bonchev–Trinajstić information content (AvgIpc) is 3.11. The monoisotopic (exact) mass is 413 g/mol. The van der Waals surface area contributed by atoms with E-state index in [4.69, 9.17) is 0 Å². The molecule has 1 aromatic heterocycles. The van der Waals surface area contributed by atoms with Crippen molar-refractivity contribution in [1.82, 2.24) is 19.9 Å². The molecule has 9 heteroatoms. The van der Waals surface area contributed by atoms with Crippen molar-refractivity contribution in [2.45, 2.75) is 31.6 Å². The van der Waals surface area contributed by atoms with E-state index in [1.54, 1.807) is 12.1 Å². The average molecular weight is 414 g/mol. The van der Waals surface area contributed by atoms with Gasteiger partial charge in [-0.05, 0) is 36.8 Å². The second-order valence-electron chi connectivity index (χ2n) is 6.71. The molecule has 0 atom stereocenters. The zero-order valence-electron chi connectivity index (χ0n) is 16.3. The summed E-state index contributed by atoms with van der Waals surface area (Å²) in [4.78, 5) is 15.6. The molecule has 0 radical (unpaired) electrons. The number of amides is 1. The number of H-pyrrole nitrogens is 1. The van der Waals surface area contributed by atoms with Crippen LogP contribution in [0, 0.1) is 6.92 Å². The number of rotatable bonds is 8. The highest BCUT2D eigenvalue weighted by Gasteiger charge is 2.14. The number of sulfonamides is 1. The maximum absolute atomic E-state index is 12.4. The van der Waals surface area contributed by atoms with Crippen LogP contribution in [0.5, 0.6) is 0 Å². The first-order chi connectivity index (χ1) is 13.8. The Morgan fingerprint density at radius 2 is 1.76 bits per heavy atom. The van der Waals surface area contributed by atoms with Gasteiger partial charge < -0.3 is 5.32 Å². The van der Waals surface area contributed by atoms with Gasteiger partial charge in [0.25, 0.3) is 0 Å². The fourth-order valence-electron chi connectivity index (χ4n) is 2.73. The Kier molecular flexibility index (Phi) is 6.40. The quantitative estimate of drug-likeness (QED) is 0.523. The molecule has 1 amide bonds. The van der Waals surface area contributed by atoms with Crippen LogP contribution in [0.25, 0.3) is 0 Å². The number of hydrogen-bond acceptors (Lipinski definition) is 5. The Morgan fingerprint density at radius 1 is 1.07 bits per heavy atom. The number of nitrogens with zero attached hydrogens (tertiary/aromatic N) is 2. The van der Waals surface area contributed by atoms with Crippen LogP contribution in [-0.2, 0) is 27.7 Å². The molecule has 0 fully saturated rings. The Balaban J connectivity index is 1.53. The summed E-state index contributed by atoms with van der Waals surface area (Å²) in [6.07, 6.45) is 1.01. The molecule has 3 rings (SSSR count). The number of carbonyl (C=O) groups excluding carboxylic acids is 1. The number of carbonyl (C=O) groups is 1. The Hall–Kier alpha value is -3.04. The van der Waals surface area contributed by atoms with Gasteiger partial charge in [-0.25, -0.2) is 18.1 Å². The van der Waals surface area contributed by atoms with Gasteiger partial charge in [0.1, 0.15) is 5.82 Å². The van der Waals surface area contributed by atoms with Gasteiger partial charge in [0, 0.05) is 32.0 Å². The van der Waals surface area contributed by atoms with E-state index in [0.29, 0.717) is 24.4 Å². The van der Waals surface area contributed by atoms with Crippen molar-refractivity contribution in [2.75, 3.05) is 11.9 Å². The standard InChI is InChI=1S/C20H23N5O3S/c1-14-3-5-16(6-4-14)13-20-23-19(24-25-20)11-12-21-29(27,28)18-9-7-17(8-10-18)22-15(2)26/h3-10,21H,11-13H2,1-2H3,(H,22,26)(H,23,24,25). The number of aryl methyl sites for hydroxylation is 1. The molecular weight excluding hydrogens is 390 g/mol. The smallest absolute Gasteiger partial charge is 0.240 e. The highest BCUT2D eigenvalue weighted by Crippen LogP contribution is 2.14. The van der Waals surface area contributed by atoms with Crippen LogP contribution in [0.15, 0.2) is 53.4 Å². The lowest BCUT2D eigenvalue weighted by atomic mass is 10.1. The van der Waals surface area contributed by atoms with Gasteiger partial charge in [-0.2, -0.15) is 5.10 Å². The highest BCUT2D eigenvalue weighted by molar-refractivity contribution is 7.89. The van der Waals surface area contributed by atoms with Crippen LogP contribution >= 0.6 is 0 Å². The molecule has 3 N–H and O–H groups in total. The zero-order valence-corrected chi connectivity index (χ0v) is 17.1. The molecule has 152 valence electrons. The molecule has 0 saturated heterocycles. The molecule has 8 nitrogen and oxygen atoms in total. The van der Waals surface area contributed by atoms with E-state index in [9.17, 15) is 13.2 Å². The minimum absolute atomic E-state index is 0.127. The first-order valence-corrected chi connectivity index (χ1v) is 10.6. The molecule has 0 saturated carbocycles. The van der Waals surface area contributed by atoms with E-state index < -0.39 is 10.0 Å². The van der Waals surface area contributed by atoms with E-state index >= 15 is 0 Å². The van der Waals surface area contributed by atoms with Gasteiger partial charge in [0.15, 0.2) is 5.82 Å². The summed E-state index contributed by atoms with van der Waals surface area (Å²) in [6, 6.07) is 14.2. The molecule has 0 aliphatic rings. The SMILES string of the molecule is CC(=O)Nc1ccc(S(=O)(=O)NCCc2n[nH]c(Cc3ccc(C)cc3)n2)cc1. The van der Waals surface area contributed by atoms with Crippen molar-refractivity contribution >= 4 is 21.6 Å². The molecule has 0 aliphatic carbocycles. The number of hydrogen-bond donors (Lipinski definition) is 3. The normalized spacial score (nSPS) is 11.4. The maximum atomic E-state index is 12.4. The third kappa shape index (κ3) is 5.97. The second-order valence-corrected chi connectivity index (χ2v) is 8.48. The topological polar surface area (TPSA) is 117 Å². The van der Waals surface area contributed by atoms with Gasteiger partial charge in [0.2, 0.25) is 15.9 Å². The molecular formula is C20H23N5O3S. The van der Waals surface area contributed by atoms with Crippen LogP contribution in [-0.4, -0.2) is 36.1 Å². The van der Waals surface area contributed by atoms with Crippen LogP contribution in [0.1, 0.15) is 29.7 Å². The third-order valence-electron chi connectivity index (χ3n) is 4.20. The lowest BCUT2D eigenvalue weighted by Gasteiger charge is -2.07. The van der Waals surface area contributed by atoms with E-state index in [2.05, 4.69) is 25.2 Å². The second kappa shape index (κ2) is 8.97. The molecule has 1 heterocycles. The lowest BCUT2D eigenvalue weighted by molar-refractivity contribution is -0.114. The number of anilines is 1. The number of nitrogens with one attached hydrogen (secondary N) is 3. The predicted molar refractivity (Wildman–Crippen MR) is 110 cm³/mol. The Bertz CT molecular complexity index is 1070. The van der Waals surface area contributed by atoms with Gasteiger partial charge >= 0.3 is 0 Å². The fraction of sp³-hybridized carbons (Fsp3) is 0.250. The predicted octanol–water partition coefficient (Wildman–Crippen LogP) is 2.18. The first-order valence-electron chi connectivity index (χ1n) is 9.15. The van der Waals surface area contributed by atoms with Gasteiger partial charge in [0.05, 0.1) is 4.90 Å². The summed E-state index contributed by atoms with van der Waals surface area (Å²) < 4.78 is 27.3. The summed E-state index contributed by atoms with van der Waals surface area (Å²) in [6.45, 7) is 3.61. The van der Waals surface area contributed by atoms with Gasteiger partial charge in [-0.1, -0.05) is 29.8 Å². The van der Waals surface area contributed by atoms with E-state index in [1.165, 1.54) is 24.6 Å². The summed E-state index contributed by atoms with van der Waals surface area (Å²) in [5.74, 6) is 1.07. The number of aromatic nitrogens is 3. The summed E-state index contributed by atoms with van der Waals surface area (Å²) in [5.41, 5.74) is 2.86. The summed E-state index contributed by atoms with van der Waals surface area (Å²) in [5, 5.41) is 9.64. The molecule has 3 aromatic rings. The molecule has 0 aliphatic heterocycles. The minimum Gasteiger partial charge on any atom is -0.326 e. The van der Waals surface area contributed by atoms with Crippen molar-refractivity contribution in [3.05, 3.63) is 71.3 Å². The number of aromatic amines is 1. The van der Waals surface area contributed by atoms with Crippen LogP contribution < -0.4 is 10.0 Å². The molecule has 0 bridgehead atoms. The first kappa shape index (κ1) is 20.7. The van der Waals surface area contributed by atoms with Gasteiger partial charge in [-0.15, -0.1) is 0 Å². The third-order valence-corrected chi connectivity index (χ3v) is 5.67. The van der Waals surface area contributed by atoms with Crippen molar-refractivity contribution < 1.29 is 13.2 Å². The van der Waals surface area contributed by atoms with E-state index in [1.807, 2.05) is 31.2 Å². The lowest BCUT2D eigenvalue weighted by Crippen LogP contribution is -2.26. The fourth-order valence-corrected chi connectivity index (χ4v) is 3.76. The van der Waals surface area contributed by atoms with Crippen molar-refractivity contribution in [3.63, 3.8) is 0 Å². The molecule has 2 aromatic carbocycles. The van der Waals surface area contributed by atoms with Crippen LogP contribution in [0.3, 0.4) is 0 Å². The minimum atomic E-state index is -3.65. The van der Waals surface area contributed by atoms with Crippen molar-refractivity contribution in [1.29, 1.82) is 0 Å².